The van der Waals surface area contributed by atoms with Gasteiger partial charge in [0.1, 0.15) is 9.96 Å². The van der Waals surface area contributed by atoms with Crippen molar-refractivity contribution >= 4 is 54.3 Å². The number of rotatable bonds is 6. The van der Waals surface area contributed by atoms with Gasteiger partial charge in [0.05, 0.1) is 23.1 Å². The van der Waals surface area contributed by atoms with Crippen LogP contribution in [0.4, 0.5) is 5.69 Å². The van der Waals surface area contributed by atoms with Gasteiger partial charge in [0.2, 0.25) is 0 Å². The maximum atomic E-state index is 13.1. The van der Waals surface area contributed by atoms with E-state index < -0.39 is 10.0 Å². The summed E-state index contributed by atoms with van der Waals surface area (Å²) in [6, 6.07) is 14.2. The highest BCUT2D eigenvalue weighted by molar-refractivity contribution is 9.11. The van der Waals surface area contributed by atoms with Gasteiger partial charge in [-0.1, -0.05) is 6.07 Å². The molecular weight excluding hydrogens is 430 g/mol. The van der Waals surface area contributed by atoms with Crippen LogP contribution in [0.5, 0.6) is 5.75 Å². The molecule has 2 heterocycles. The Morgan fingerprint density at radius 2 is 1.88 bits per heavy atom. The molecule has 0 unspecified atom stereocenters. The third-order valence-electron chi connectivity index (χ3n) is 3.33. The van der Waals surface area contributed by atoms with E-state index in [0.717, 1.165) is 8.66 Å². The highest BCUT2D eigenvalue weighted by Gasteiger charge is 2.27. The molecule has 0 aliphatic heterocycles. The first-order valence-corrected chi connectivity index (χ1v) is 10.9. The smallest absolute Gasteiger partial charge is 0.274 e. The number of ether oxygens (including phenoxy) is 1. The minimum atomic E-state index is -3.64. The Kier molecular flexibility index (Phi) is 5.29. The van der Waals surface area contributed by atoms with E-state index >= 15 is 0 Å². The Hall–Kier alpha value is -1.35. The van der Waals surface area contributed by atoms with Gasteiger partial charge in [-0.15, -0.1) is 22.7 Å². The van der Waals surface area contributed by atoms with Gasteiger partial charge in [0, 0.05) is 4.88 Å². The molecule has 0 N–H and O–H groups in total. The second kappa shape index (κ2) is 7.26. The van der Waals surface area contributed by atoms with Crippen LogP contribution < -0.4 is 9.04 Å². The SMILES string of the molecule is COc1ccc(N(Cc2cccs2)S(=O)(=O)c2ccc(Br)s2)cc1. The minimum absolute atomic E-state index is 0.293. The summed E-state index contributed by atoms with van der Waals surface area (Å²) in [5, 5.41) is 1.94. The van der Waals surface area contributed by atoms with E-state index in [2.05, 4.69) is 15.9 Å². The van der Waals surface area contributed by atoms with Crippen molar-refractivity contribution in [3.05, 3.63) is 62.6 Å². The lowest BCUT2D eigenvalue weighted by Gasteiger charge is -2.23. The molecule has 0 spiro atoms. The molecule has 0 amide bonds. The molecule has 4 nitrogen and oxygen atoms in total. The number of benzene rings is 1. The van der Waals surface area contributed by atoms with Gasteiger partial charge in [-0.25, -0.2) is 8.42 Å². The van der Waals surface area contributed by atoms with E-state index in [4.69, 9.17) is 4.74 Å². The van der Waals surface area contributed by atoms with Gasteiger partial charge in [-0.2, -0.15) is 0 Å². The van der Waals surface area contributed by atoms with Crippen molar-refractivity contribution in [3.8, 4) is 5.75 Å². The van der Waals surface area contributed by atoms with Crippen LogP contribution in [0, 0.1) is 0 Å². The fourth-order valence-corrected chi connectivity index (χ4v) is 6.49. The zero-order chi connectivity index (χ0) is 17.2. The Labute approximate surface area is 157 Å². The van der Waals surface area contributed by atoms with Crippen LogP contribution in [-0.2, 0) is 16.6 Å². The van der Waals surface area contributed by atoms with Gasteiger partial charge in [0.25, 0.3) is 10.0 Å². The molecule has 0 aliphatic carbocycles. The number of hydrogen-bond acceptors (Lipinski definition) is 5. The van der Waals surface area contributed by atoms with E-state index in [-0.39, 0.29) is 0 Å². The van der Waals surface area contributed by atoms with Crippen LogP contribution in [0.25, 0.3) is 0 Å². The van der Waals surface area contributed by atoms with Gasteiger partial charge in [0.15, 0.2) is 0 Å². The van der Waals surface area contributed by atoms with Crippen LogP contribution in [0.3, 0.4) is 0 Å². The van der Waals surface area contributed by atoms with Gasteiger partial charge in [-0.3, -0.25) is 4.31 Å². The van der Waals surface area contributed by atoms with Crippen LogP contribution in [0.2, 0.25) is 0 Å². The first-order chi connectivity index (χ1) is 11.5. The zero-order valence-corrected chi connectivity index (χ0v) is 16.7. The molecule has 0 fully saturated rings. The predicted molar refractivity (Wildman–Crippen MR) is 103 cm³/mol. The van der Waals surface area contributed by atoms with Crippen molar-refractivity contribution in [3.63, 3.8) is 0 Å². The fraction of sp³-hybridized carbons (Fsp3) is 0.125. The predicted octanol–water partition coefficient (Wildman–Crippen LogP) is 4.98. The zero-order valence-electron chi connectivity index (χ0n) is 12.7. The van der Waals surface area contributed by atoms with Gasteiger partial charge >= 0.3 is 0 Å². The molecular formula is C16H14BrNO3S3. The molecule has 8 heteroatoms. The monoisotopic (exact) mass is 443 g/mol. The van der Waals surface area contributed by atoms with Crippen LogP contribution in [0.1, 0.15) is 4.88 Å². The number of anilines is 1. The van der Waals surface area contributed by atoms with Gasteiger partial charge in [-0.05, 0) is 63.8 Å². The van der Waals surface area contributed by atoms with Crippen LogP contribution in [0.15, 0.2) is 61.9 Å². The lowest BCUT2D eigenvalue weighted by Crippen LogP contribution is -2.29. The molecule has 0 atom stereocenters. The van der Waals surface area contributed by atoms with Crippen molar-refractivity contribution in [1.82, 2.24) is 0 Å². The first kappa shape index (κ1) is 17.5. The number of nitrogens with zero attached hydrogens (tertiary/aromatic N) is 1. The molecule has 24 heavy (non-hydrogen) atoms. The lowest BCUT2D eigenvalue weighted by atomic mass is 10.3. The number of hydrogen-bond donors (Lipinski definition) is 0. The van der Waals surface area contributed by atoms with E-state index in [1.807, 2.05) is 17.5 Å². The van der Waals surface area contributed by atoms with E-state index in [1.165, 1.54) is 27.0 Å². The summed E-state index contributed by atoms with van der Waals surface area (Å²) in [5.74, 6) is 0.686. The average molecular weight is 444 g/mol. The molecule has 2 aromatic heterocycles. The number of thiophene rings is 2. The van der Waals surface area contributed by atoms with Crippen LogP contribution >= 0.6 is 38.6 Å². The molecule has 3 aromatic rings. The Morgan fingerprint density at radius 3 is 2.42 bits per heavy atom. The molecule has 0 saturated carbocycles. The molecule has 0 bridgehead atoms. The quantitative estimate of drug-likeness (QED) is 0.539. The van der Waals surface area contributed by atoms with E-state index in [9.17, 15) is 8.42 Å². The number of halogens is 1. The van der Waals surface area contributed by atoms with Crippen molar-refractivity contribution in [2.45, 2.75) is 10.8 Å². The minimum Gasteiger partial charge on any atom is -0.497 e. The summed E-state index contributed by atoms with van der Waals surface area (Å²) in [4.78, 5) is 0.977. The van der Waals surface area contributed by atoms with Crippen molar-refractivity contribution in [1.29, 1.82) is 0 Å². The second-order valence-corrected chi connectivity index (χ2v) is 10.4. The highest BCUT2D eigenvalue weighted by Crippen LogP contribution is 2.33. The molecule has 0 radical (unpaired) electrons. The summed E-state index contributed by atoms with van der Waals surface area (Å²) in [6.07, 6.45) is 0. The fourth-order valence-electron chi connectivity index (χ4n) is 2.15. The maximum absolute atomic E-state index is 13.1. The normalized spacial score (nSPS) is 11.4. The van der Waals surface area contributed by atoms with Crippen molar-refractivity contribution in [2.75, 3.05) is 11.4 Å². The molecule has 1 aromatic carbocycles. The molecule has 0 saturated heterocycles. The largest absolute Gasteiger partial charge is 0.497 e. The molecule has 126 valence electrons. The summed E-state index contributed by atoms with van der Waals surface area (Å²) in [6.45, 7) is 0.293. The lowest BCUT2D eigenvalue weighted by molar-refractivity contribution is 0.415. The Morgan fingerprint density at radius 1 is 1.12 bits per heavy atom. The third kappa shape index (κ3) is 3.66. The summed E-state index contributed by atoms with van der Waals surface area (Å²) in [5.41, 5.74) is 0.605. The standard InChI is InChI=1S/C16H14BrNO3S3/c1-21-13-6-4-12(5-7-13)18(11-14-3-2-10-22-14)24(19,20)16-9-8-15(17)23-16/h2-10H,11H2,1H3. The highest BCUT2D eigenvalue weighted by atomic mass is 79.9. The second-order valence-electron chi connectivity index (χ2n) is 4.85. The van der Waals surface area contributed by atoms with Gasteiger partial charge < -0.3 is 4.74 Å². The number of sulfonamides is 1. The maximum Gasteiger partial charge on any atom is 0.274 e. The average Bonchev–Trinajstić information content (AvgIpc) is 3.24. The van der Waals surface area contributed by atoms with Crippen molar-refractivity contribution in [2.24, 2.45) is 0 Å². The third-order valence-corrected chi connectivity index (χ3v) is 8.06. The summed E-state index contributed by atoms with van der Waals surface area (Å²) >= 11 is 6.07. The van der Waals surface area contributed by atoms with Crippen molar-refractivity contribution < 1.29 is 13.2 Å². The Bertz CT molecular complexity index is 902. The topological polar surface area (TPSA) is 46.6 Å². The van der Waals surface area contributed by atoms with E-state index in [1.54, 1.807) is 43.5 Å². The molecule has 3 rings (SSSR count). The van der Waals surface area contributed by atoms with Crippen LogP contribution in [-0.4, -0.2) is 15.5 Å². The summed E-state index contributed by atoms with van der Waals surface area (Å²) < 4.78 is 33.9. The first-order valence-electron chi connectivity index (χ1n) is 6.95. The number of methoxy groups -OCH3 is 1. The molecule has 0 aliphatic rings. The summed E-state index contributed by atoms with van der Waals surface area (Å²) in [7, 11) is -2.06. The Balaban J connectivity index is 2.03. The van der Waals surface area contributed by atoms with E-state index in [0.29, 0.717) is 22.2 Å².